The molecule has 0 bridgehead atoms. The Labute approximate surface area is 219 Å². The number of Topliss-reactive ketones (excluding diaryl/α,β-unsaturated/α-hetero) is 1. The highest BCUT2D eigenvalue weighted by atomic mass is 35.5. The number of hydrogen-bond acceptors (Lipinski definition) is 9. The molecule has 2 aliphatic carbocycles. The number of likely N-dealkylation sites (N-methyl/N-ethyl adjacent to an activating group) is 1. The number of nitrogens with zero attached hydrogens (tertiary/aromatic N) is 3. The predicted octanol–water partition coefficient (Wildman–Crippen LogP) is 3.86. The van der Waals surface area contributed by atoms with Crippen molar-refractivity contribution in [1.82, 2.24) is 14.9 Å². The zero-order valence-electron chi connectivity index (χ0n) is 20.5. The second-order valence-corrected chi connectivity index (χ2v) is 11.7. The molecule has 0 amide bonds. The average Bonchev–Trinajstić information content (AvgIpc) is 3.32. The number of nitrogens with two attached hydrogens (primary N) is 3. The number of anilines is 2. The Balaban J connectivity index is 1.47. The highest BCUT2D eigenvalue weighted by Crippen LogP contribution is 2.53. The molecule has 1 aliphatic heterocycles. The van der Waals surface area contributed by atoms with Crippen molar-refractivity contribution in [2.45, 2.75) is 75.6 Å². The third-order valence-electron chi connectivity index (χ3n) is 7.91. The van der Waals surface area contributed by atoms with Crippen LogP contribution < -0.4 is 21.9 Å². The van der Waals surface area contributed by atoms with Crippen molar-refractivity contribution < 1.29 is 13.9 Å². The summed E-state index contributed by atoms with van der Waals surface area (Å²) in [5.41, 5.74) is 20.5. The van der Waals surface area contributed by atoms with E-state index >= 15 is 0 Å². The number of aryl methyl sites for hydroxylation is 1. The van der Waals surface area contributed by atoms with Crippen LogP contribution in [0.5, 0.6) is 5.88 Å². The highest BCUT2D eigenvalue weighted by molar-refractivity contribution is 7.16. The Bertz CT molecular complexity index is 1240. The molecule has 0 radical (unpaired) electrons. The van der Waals surface area contributed by atoms with Gasteiger partial charge in [-0.2, -0.15) is 4.98 Å². The molecule has 194 valence electrons. The molecule has 6 N–H and O–H groups in total. The van der Waals surface area contributed by atoms with E-state index in [4.69, 9.17) is 33.5 Å². The second kappa shape index (κ2) is 9.46. The highest BCUT2D eigenvalue weighted by Gasteiger charge is 2.49. The molecule has 2 fully saturated rings. The van der Waals surface area contributed by atoms with Crippen LogP contribution >= 0.6 is 22.9 Å². The number of ether oxygens (including phenoxy) is 1. The molecule has 2 aromatic heterocycles. The van der Waals surface area contributed by atoms with Crippen molar-refractivity contribution >= 4 is 45.1 Å². The van der Waals surface area contributed by atoms with Gasteiger partial charge in [0.1, 0.15) is 22.4 Å². The molecule has 4 atom stereocenters. The van der Waals surface area contributed by atoms with Gasteiger partial charge in [0.05, 0.1) is 16.8 Å². The summed E-state index contributed by atoms with van der Waals surface area (Å²) in [5, 5.41) is 0.723. The van der Waals surface area contributed by atoms with E-state index in [0.29, 0.717) is 48.5 Å². The van der Waals surface area contributed by atoms with Crippen LogP contribution in [-0.2, 0) is 16.6 Å². The van der Waals surface area contributed by atoms with Crippen molar-refractivity contribution in [2.24, 2.45) is 5.73 Å². The first kappa shape index (κ1) is 25.2. The number of carbonyl (C=O) groups excluding carboxylic acids is 1. The normalized spacial score (nSPS) is 28.8. The molecule has 5 rings (SSSR count). The number of rotatable bonds is 4. The van der Waals surface area contributed by atoms with Crippen LogP contribution in [0.4, 0.5) is 15.1 Å². The molecule has 3 heterocycles. The van der Waals surface area contributed by atoms with Gasteiger partial charge in [-0.1, -0.05) is 11.6 Å². The molecule has 3 aliphatic rings. The molecular weight excluding hydrogens is 503 g/mol. The summed E-state index contributed by atoms with van der Waals surface area (Å²) in [5.74, 6) is 0.365. The van der Waals surface area contributed by atoms with Crippen molar-refractivity contribution in [3.8, 4) is 5.88 Å². The maximum atomic E-state index is 14.0. The van der Waals surface area contributed by atoms with Crippen molar-refractivity contribution in [3.63, 3.8) is 0 Å². The number of allylic oxidation sites excluding steroid dienone is 1. The largest absolute Gasteiger partial charge is 0.473 e. The molecule has 2 aromatic rings. The summed E-state index contributed by atoms with van der Waals surface area (Å²) in [6, 6.07) is 1.42. The first-order valence-corrected chi connectivity index (χ1v) is 13.6. The fourth-order valence-corrected chi connectivity index (χ4v) is 7.51. The Hall–Kier alpha value is -2.43. The zero-order chi connectivity index (χ0) is 25.8. The minimum Gasteiger partial charge on any atom is -0.473 e. The zero-order valence-corrected chi connectivity index (χ0v) is 22.1. The SMILES string of the molecule is C[C@H](Oc1cc(Cl)nc(C(N)=C2CCC[C@@]3(CCCc4sc(N)c(N)c43)C2=O)n1)[C@@H]1C[C@@H](F)CN1C. The molecule has 1 spiro atoms. The molecule has 1 saturated heterocycles. The molecule has 0 unspecified atom stereocenters. The average molecular weight is 535 g/mol. The summed E-state index contributed by atoms with van der Waals surface area (Å²) in [7, 11) is 1.87. The first-order chi connectivity index (χ1) is 17.1. The fourth-order valence-electron chi connectivity index (χ4n) is 6.20. The Morgan fingerprint density at radius 2 is 2.03 bits per heavy atom. The second-order valence-electron chi connectivity index (χ2n) is 10.2. The summed E-state index contributed by atoms with van der Waals surface area (Å²) >= 11 is 7.78. The predicted molar refractivity (Wildman–Crippen MR) is 141 cm³/mol. The lowest BCUT2D eigenvalue weighted by Crippen LogP contribution is -2.43. The van der Waals surface area contributed by atoms with Gasteiger partial charge in [0, 0.05) is 34.7 Å². The molecule has 0 aromatic carbocycles. The Morgan fingerprint density at radius 1 is 1.31 bits per heavy atom. The minimum absolute atomic E-state index is 0.0299. The molecular formula is C25H32ClFN6O2S. The third-order valence-corrected chi connectivity index (χ3v) is 9.20. The van der Waals surface area contributed by atoms with E-state index in [1.54, 1.807) is 0 Å². The van der Waals surface area contributed by atoms with E-state index in [1.165, 1.54) is 17.4 Å². The first-order valence-electron chi connectivity index (χ1n) is 12.4. The number of alkyl halides is 1. The monoisotopic (exact) mass is 534 g/mol. The van der Waals surface area contributed by atoms with Gasteiger partial charge in [0.25, 0.3) is 0 Å². The number of ketones is 1. The van der Waals surface area contributed by atoms with Gasteiger partial charge >= 0.3 is 0 Å². The number of thiophene rings is 1. The van der Waals surface area contributed by atoms with E-state index in [9.17, 15) is 9.18 Å². The maximum absolute atomic E-state index is 14.0. The molecule has 11 heteroatoms. The van der Waals surface area contributed by atoms with E-state index in [0.717, 1.165) is 29.7 Å². The van der Waals surface area contributed by atoms with Crippen molar-refractivity contribution in [2.75, 3.05) is 25.1 Å². The summed E-state index contributed by atoms with van der Waals surface area (Å²) in [6.45, 7) is 2.25. The number of nitrogen functional groups attached to an aromatic ring is 2. The van der Waals surface area contributed by atoms with Gasteiger partial charge in [0.2, 0.25) is 5.88 Å². The van der Waals surface area contributed by atoms with Crippen LogP contribution in [0.2, 0.25) is 5.15 Å². The number of hydrogen-bond donors (Lipinski definition) is 3. The number of carbonyl (C=O) groups is 1. The van der Waals surface area contributed by atoms with E-state index < -0.39 is 11.6 Å². The van der Waals surface area contributed by atoms with Crippen LogP contribution in [0.25, 0.3) is 5.70 Å². The van der Waals surface area contributed by atoms with Crippen LogP contribution in [0.15, 0.2) is 11.6 Å². The lowest BCUT2D eigenvalue weighted by Gasteiger charge is -2.40. The molecule has 36 heavy (non-hydrogen) atoms. The van der Waals surface area contributed by atoms with Crippen LogP contribution in [0.3, 0.4) is 0 Å². The number of halogens is 2. The lowest BCUT2D eigenvalue weighted by atomic mass is 9.61. The van der Waals surface area contributed by atoms with Gasteiger partial charge in [-0.05, 0) is 58.9 Å². The van der Waals surface area contributed by atoms with Crippen molar-refractivity contribution in [1.29, 1.82) is 0 Å². The quantitative estimate of drug-likeness (QED) is 0.397. The minimum atomic E-state index is -0.881. The van der Waals surface area contributed by atoms with Crippen LogP contribution in [0, 0.1) is 0 Å². The van der Waals surface area contributed by atoms with Gasteiger partial charge in [-0.25, -0.2) is 9.37 Å². The van der Waals surface area contributed by atoms with Crippen molar-refractivity contribution in [3.05, 3.63) is 33.1 Å². The van der Waals surface area contributed by atoms with Gasteiger partial charge in [-0.3, -0.25) is 9.69 Å². The van der Waals surface area contributed by atoms with Crippen LogP contribution in [-0.4, -0.2) is 52.6 Å². The van der Waals surface area contributed by atoms with E-state index in [2.05, 4.69) is 9.97 Å². The Morgan fingerprint density at radius 3 is 2.72 bits per heavy atom. The topological polar surface area (TPSA) is 133 Å². The maximum Gasteiger partial charge on any atom is 0.218 e. The number of aromatic nitrogens is 2. The van der Waals surface area contributed by atoms with Gasteiger partial charge < -0.3 is 21.9 Å². The summed E-state index contributed by atoms with van der Waals surface area (Å²) in [4.78, 5) is 25.9. The van der Waals surface area contributed by atoms with Gasteiger partial charge in [-0.15, -0.1) is 11.3 Å². The fraction of sp³-hybridized carbons (Fsp3) is 0.560. The third kappa shape index (κ3) is 4.22. The standard InChI is InChI=1S/C25H32ClFN6O2S/c1-12(15-9-13(27)11-33(15)2)35-18-10-17(26)31-24(32-18)20(28)14-5-3-7-25(22(14)34)8-4-6-16-19(25)21(29)23(30)36-16/h10,12-13,15H,3-9,11,28-30H2,1-2H3/t12-,13+,15-,25-/m0/s1. The number of likely N-dealkylation sites (tertiary alicyclic amines) is 1. The summed E-state index contributed by atoms with van der Waals surface area (Å²) < 4.78 is 19.9. The summed E-state index contributed by atoms with van der Waals surface area (Å²) in [6.07, 6.45) is 3.69. The number of fused-ring (bicyclic) bond motifs is 2. The van der Waals surface area contributed by atoms with Crippen LogP contribution in [0.1, 0.15) is 61.7 Å². The van der Waals surface area contributed by atoms with E-state index in [1.807, 2.05) is 18.9 Å². The lowest BCUT2D eigenvalue weighted by molar-refractivity contribution is -0.122. The van der Waals surface area contributed by atoms with E-state index in [-0.39, 0.29) is 40.5 Å². The Kier molecular flexibility index (Phi) is 6.63. The molecule has 8 nitrogen and oxygen atoms in total. The van der Waals surface area contributed by atoms with Gasteiger partial charge in [0.15, 0.2) is 11.6 Å². The molecule has 1 saturated carbocycles. The smallest absolute Gasteiger partial charge is 0.218 e.